The van der Waals surface area contributed by atoms with E-state index in [0.29, 0.717) is 41.5 Å². The van der Waals surface area contributed by atoms with Gasteiger partial charge in [0.25, 0.3) is 11.8 Å². The number of benzene rings is 3. The van der Waals surface area contributed by atoms with Gasteiger partial charge in [-0.05, 0) is 54.6 Å². The third kappa shape index (κ3) is 5.92. The Morgan fingerprint density at radius 3 is 2.10 bits per heavy atom. The predicted octanol–water partition coefficient (Wildman–Crippen LogP) is 4.98. The summed E-state index contributed by atoms with van der Waals surface area (Å²) in [6, 6.07) is 21.1. The lowest BCUT2D eigenvalue weighted by Crippen LogP contribution is -2.15. The summed E-state index contributed by atoms with van der Waals surface area (Å²) in [7, 11) is 1.59. The molecule has 0 aliphatic rings. The van der Waals surface area contributed by atoms with E-state index < -0.39 is 0 Å². The zero-order valence-corrected chi connectivity index (χ0v) is 17.9. The molecule has 7 heteroatoms. The van der Waals surface area contributed by atoms with Crippen molar-refractivity contribution in [1.29, 1.82) is 0 Å². The summed E-state index contributed by atoms with van der Waals surface area (Å²) in [6.45, 7) is 0.765. The minimum absolute atomic E-state index is 0.195. The van der Waals surface area contributed by atoms with Gasteiger partial charge in [0.05, 0.1) is 12.2 Å². The molecule has 3 rings (SSSR count). The number of amides is 2. The van der Waals surface area contributed by atoms with E-state index in [2.05, 4.69) is 26.6 Å². The maximum atomic E-state index is 12.8. The van der Waals surface area contributed by atoms with E-state index in [1.807, 2.05) is 24.3 Å². The van der Waals surface area contributed by atoms with E-state index >= 15 is 0 Å². The third-order valence-electron chi connectivity index (χ3n) is 4.17. The lowest BCUT2D eigenvalue weighted by Gasteiger charge is -2.12. The standard InChI is InChI=1S/C23H21BrN2O4/c1-29-13-14-30-21-12-7-17(24)15-20(21)23(28)26-19-10-8-18(9-11-19)25-22(27)16-5-3-2-4-6-16/h2-12,15H,13-14H2,1H3,(H,25,27)(H,26,28). The molecule has 0 spiro atoms. The number of anilines is 2. The Morgan fingerprint density at radius 2 is 1.47 bits per heavy atom. The highest BCUT2D eigenvalue weighted by Gasteiger charge is 2.14. The molecule has 0 heterocycles. The first kappa shape index (κ1) is 21.5. The summed E-state index contributed by atoms with van der Waals surface area (Å²) in [6.07, 6.45) is 0. The molecule has 3 aromatic rings. The summed E-state index contributed by atoms with van der Waals surface area (Å²) >= 11 is 3.38. The summed E-state index contributed by atoms with van der Waals surface area (Å²) in [4.78, 5) is 25.0. The van der Waals surface area contributed by atoms with E-state index in [1.54, 1.807) is 55.6 Å². The molecule has 0 atom stereocenters. The molecule has 0 fully saturated rings. The van der Waals surface area contributed by atoms with Crippen LogP contribution in [0.4, 0.5) is 11.4 Å². The number of hydrogen-bond acceptors (Lipinski definition) is 4. The van der Waals surface area contributed by atoms with Crippen molar-refractivity contribution in [3.05, 3.63) is 88.4 Å². The van der Waals surface area contributed by atoms with Crippen LogP contribution < -0.4 is 15.4 Å². The van der Waals surface area contributed by atoms with Crippen molar-refractivity contribution < 1.29 is 19.1 Å². The van der Waals surface area contributed by atoms with E-state index in [9.17, 15) is 9.59 Å². The molecule has 154 valence electrons. The summed E-state index contributed by atoms with van der Waals surface area (Å²) in [5, 5.41) is 5.67. The Morgan fingerprint density at radius 1 is 0.833 bits per heavy atom. The molecular weight excluding hydrogens is 448 g/mol. The normalized spacial score (nSPS) is 10.3. The van der Waals surface area contributed by atoms with Crippen molar-refractivity contribution in [1.82, 2.24) is 0 Å². The predicted molar refractivity (Wildman–Crippen MR) is 120 cm³/mol. The monoisotopic (exact) mass is 468 g/mol. The van der Waals surface area contributed by atoms with Gasteiger partial charge in [0.2, 0.25) is 0 Å². The first-order valence-corrected chi connectivity index (χ1v) is 10.1. The molecule has 0 aromatic heterocycles. The molecule has 0 aliphatic heterocycles. The third-order valence-corrected chi connectivity index (χ3v) is 4.66. The highest BCUT2D eigenvalue weighted by molar-refractivity contribution is 9.10. The lowest BCUT2D eigenvalue weighted by molar-refractivity contribution is 0.101. The molecule has 3 aromatic carbocycles. The number of carbonyl (C=O) groups excluding carboxylic acids is 2. The van der Waals surface area contributed by atoms with Gasteiger partial charge in [-0.25, -0.2) is 0 Å². The lowest BCUT2D eigenvalue weighted by atomic mass is 10.1. The maximum absolute atomic E-state index is 12.8. The zero-order valence-electron chi connectivity index (χ0n) is 16.4. The van der Waals surface area contributed by atoms with Crippen molar-refractivity contribution in [2.45, 2.75) is 0 Å². The minimum Gasteiger partial charge on any atom is -0.490 e. The Labute approximate surface area is 183 Å². The van der Waals surface area contributed by atoms with Crippen molar-refractivity contribution in [3.8, 4) is 5.75 Å². The van der Waals surface area contributed by atoms with E-state index in [1.165, 1.54) is 0 Å². The van der Waals surface area contributed by atoms with Crippen molar-refractivity contribution in [2.24, 2.45) is 0 Å². The Balaban J connectivity index is 1.66. The highest BCUT2D eigenvalue weighted by Crippen LogP contribution is 2.25. The Kier molecular flexibility index (Phi) is 7.59. The van der Waals surface area contributed by atoms with Crippen molar-refractivity contribution in [3.63, 3.8) is 0 Å². The fourth-order valence-corrected chi connectivity index (χ4v) is 3.03. The summed E-state index contributed by atoms with van der Waals surface area (Å²) in [5.41, 5.74) is 2.21. The molecule has 0 unspecified atom stereocenters. The number of nitrogens with one attached hydrogen (secondary N) is 2. The van der Waals surface area contributed by atoms with Crippen LogP contribution in [0.5, 0.6) is 5.75 Å². The molecular formula is C23H21BrN2O4. The van der Waals surface area contributed by atoms with Crippen LogP contribution in [0, 0.1) is 0 Å². The number of rotatable bonds is 8. The van der Waals surface area contributed by atoms with Gasteiger partial charge in [-0.2, -0.15) is 0 Å². The van der Waals surface area contributed by atoms with Crippen LogP contribution in [-0.4, -0.2) is 32.1 Å². The average molecular weight is 469 g/mol. The van der Waals surface area contributed by atoms with E-state index in [-0.39, 0.29) is 11.8 Å². The zero-order chi connectivity index (χ0) is 21.3. The number of hydrogen-bond donors (Lipinski definition) is 2. The highest BCUT2D eigenvalue weighted by atomic mass is 79.9. The first-order chi connectivity index (χ1) is 14.6. The largest absolute Gasteiger partial charge is 0.490 e. The van der Waals surface area contributed by atoms with Gasteiger partial charge in [-0.1, -0.05) is 34.1 Å². The van der Waals surface area contributed by atoms with Gasteiger partial charge in [0.1, 0.15) is 12.4 Å². The van der Waals surface area contributed by atoms with E-state index in [4.69, 9.17) is 9.47 Å². The van der Waals surface area contributed by atoms with E-state index in [0.717, 1.165) is 4.47 Å². The second kappa shape index (κ2) is 10.6. The fourth-order valence-electron chi connectivity index (χ4n) is 2.67. The fraction of sp³-hybridized carbons (Fsp3) is 0.130. The molecule has 30 heavy (non-hydrogen) atoms. The van der Waals surface area contributed by atoms with Crippen LogP contribution >= 0.6 is 15.9 Å². The summed E-state index contributed by atoms with van der Waals surface area (Å²) < 4.78 is 11.4. The smallest absolute Gasteiger partial charge is 0.259 e. The molecule has 0 saturated heterocycles. The molecule has 0 bridgehead atoms. The second-order valence-electron chi connectivity index (χ2n) is 6.33. The summed E-state index contributed by atoms with van der Waals surface area (Å²) in [5.74, 6) is -0.0244. The SMILES string of the molecule is COCCOc1ccc(Br)cc1C(=O)Nc1ccc(NC(=O)c2ccccc2)cc1. The molecule has 2 amide bonds. The van der Waals surface area contributed by atoms with Gasteiger partial charge in [-0.15, -0.1) is 0 Å². The number of carbonyl (C=O) groups is 2. The first-order valence-electron chi connectivity index (χ1n) is 9.26. The minimum atomic E-state index is -0.301. The van der Waals surface area contributed by atoms with Gasteiger partial charge in [0.15, 0.2) is 0 Å². The van der Waals surface area contributed by atoms with Gasteiger partial charge in [0, 0.05) is 28.5 Å². The average Bonchev–Trinajstić information content (AvgIpc) is 2.76. The van der Waals surface area contributed by atoms with Gasteiger partial charge in [-0.3, -0.25) is 9.59 Å². The molecule has 2 N–H and O–H groups in total. The van der Waals surface area contributed by atoms with Gasteiger partial charge < -0.3 is 20.1 Å². The van der Waals surface area contributed by atoms with Crippen LogP contribution in [0.25, 0.3) is 0 Å². The second-order valence-corrected chi connectivity index (χ2v) is 7.25. The van der Waals surface area contributed by atoms with Crippen LogP contribution in [0.15, 0.2) is 77.3 Å². The van der Waals surface area contributed by atoms with Gasteiger partial charge >= 0.3 is 0 Å². The van der Waals surface area contributed by atoms with Crippen molar-refractivity contribution in [2.75, 3.05) is 31.0 Å². The number of ether oxygens (including phenoxy) is 2. The molecule has 0 saturated carbocycles. The van der Waals surface area contributed by atoms with Crippen LogP contribution in [-0.2, 0) is 4.74 Å². The Hall–Kier alpha value is -3.16. The molecule has 0 radical (unpaired) electrons. The van der Waals surface area contributed by atoms with Crippen LogP contribution in [0.1, 0.15) is 20.7 Å². The molecule has 0 aliphatic carbocycles. The Bertz CT molecular complexity index is 1010. The van der Waals surface area contributed by atoms with Crippen LogP contribution in [0.2, 0.25) is 0 Å². The van der Waals surface area contributed by atoms with Crippen molar-refractivity contribution >= 4 is 39.1 Å². The quantitative estimate of drug-likeness (QED) is 0.457. The van der Waals surface area contributed by atoms with Crippen LogP contribution in [0.3, 0.4) is 0 Å². The molecule has 6 nitrogen and oxygen atoms in total. The number of methoxy groups -OCH3 is 1. The maximum Gasteiger partial charge on any atom is 0.259 e. The topological polar surface area (TPSA) is 76.7 Å². The number of halogens is 1.